The van der Waals surface area contributed by atoms with Crippen LogP contribution < -0.4 is 0 Å². The van der Waals surface area contributed by atoms with Crippen molar-refractivity contribution in [3.8, 4) is 0 Å². The summed E-state index contributed by atoms with van der Waals surface area (Å²) in [4.78, 5) is 12.9. The number of nitrogens with zero attached hydrogens (tertiary/aromatic N) is 1. The van der Waals surface area contributed by atoms with Gasteiger partial charge < -0.3 is 0 Å². The number of hydrogen-bond donors (Lipinski definition) is 0. The Morgan fingerprint density at radius 1 is 1.31 bits per heavy atom. The molecule has 0 unspecified atom stereocenters. The molecular formula is C8H3F6NO. The van der Waals surface area contributed by atoms with Gasteiger partial charge in [-0.05, 0) is 0 Å². The first kappa shape index (κ1) is 12.5. The minimum atomic E-state index is -5.29. The zero-order valence-corrected chi connectivity index (χ0v) is 7.36. The lowest BCUT2D eigenvalue weighted by atomic mass is 10.1. The molecular weight excluding hydrogens is 240 g/mol. The van der Waals surface area contributed by atoms with Crippen molar-refractivity contribution in [3.63, 3.8) is 0 Å². The molecule has 1 aromatic rings. The number of carbonyl (C=O) groups excluding carboxylic acids is 1. The smallest absolute Gasteiger partial charge is 0.296 e. The molecule has 8 heteroatoms. The van der Waals surface area contributed by atoms with Gasteiger partial charge in [-0.2, -0.15) is 13.2 Å². The molecule has 0 amide bonds. The molecule has 0 saturated heterocycles. The van der Waals surface area contributed by atoms with E-state index in [4.69, 9.17) is 0 Å². The highest BCUT2D eigenvalue weighted by Crippen LogP contribution is 2.37. The van der Waals surface area contributed by atoms with E-state index in [1.54, 1.807) is 0 Å². The van der Waals surface area contributed by atoms with Gasteiger partial charge >= 0.3 is 6.18 Å². The molecule has 0 saturated carbocycles. The van der Waals surface area contributed by atoms with Gasteiger partial charge in [-0.3, -0.25) is 4.79 Å². The number of carbonyl (C=O) groups is 1. The largest absolute Gasteiger partial charge is 0.421 e. The first-order valence-electron chi connectivity index (χ1n) is 3.78. The molecule has 1 heterocycles. The molecule has 1 aromatic heterocycles. The van der Waals surface area contributed by atoms with Crippen molar-refractivity contribution < 1.29 is 31.1 Å². The molecule has 0 bridgehead atoms. The standard InChI is InChI=1S/C8H3F6NO/c9-4-1-3(2-16)15-6(7(10)11)5(4)8(12,13)14/h1-2,7H. The maximum absolute atomic E-state index is 12.9. The quantitative estimate of drug-likeness (QED) is 0.590. The monoisotopic (exact) mass is 243 g/mol. The summed E-state index contributed by atoms with van der Waals surface area (Å²) in [5, 5.41) is 0. The van der Waals surface area contributed by atoms with Gasteiger partial charge in [-0.25, -0.2) is 18.2 Å². The van der Waals surface area contributed by atoms with Crippen LogP contribution in [0.2, 0.25) is 0 Å². The Bertz CT molecular complexity index is 414. The van der Waals surface area contributed by atoms with E-state index in [0.717, 1.165) is 0 Å². The van der Waals surface area contributed by atoms with Crippen molar-refractivity contribution in [3.05, 3.63) is 28.8 Å². The second-order valence-electron chi connectivity index (χ2n) is 2.71. The molecule has 1 rings (SSSR count). The van der Waals surface area contributed by atoms with Crippen molar-refractivity contribution in [2.75, 3.05) is 0 Å². The van der Waals surface area contributed by atoms with E-state index in [1.165, 1.54) is 0 Å². The van der Waals surface area contributed by atoms with Crippen LogP contribution in [0.15, 0.2) is 6.07 Å². The molecule has 0 aliphatic carbocycles. The molecule has 0 aliphatic heterocycles. The average molecular weight is 243 g/mol. The van der Waals surface area contributed by atoms with Crippen LogP contribution in [0.25, 0.3) is 0 Å². The summed E-state index contributed by atoms with van der Waals surface area (Å²) in [6, 6.07) is 0.154. The lowest BCUT2D eigenvalue weighted by Crippen LogP contribution is -2.15. The van der Waals surface area contributed by atoms with E-state index >= 15 is 0 Å². The van der Waals surface area contributed by atoms with Crippen LogP contribution >= 0.6 is 0 Å². The van der Waals surface area contributed by atoms with Crippen LogP contribution in [0.4, 0.5) is 26.3 Å². The van der Waals surface area contributed by atoms with Crippen LogP contribution in [0, 0.1) is 5.82 Å². The number of halogens is 6. The second kappa shape index (κ2) is 4.11. The summed E-state index contributed by atoms with van der Waals surface area (Å²) < 4.78 is 73.9. The molecule has 2 nitrogen and oxygen atoms in total. The van der Waals surface area contributed by atoms with Gasteiger partial charge in [0.25, 0.3) is 6.43 Å². The first-order chi connectivity index (χ1) is 7.27. The van der Waals surface area contributed by atoms with Crippen molar-refractivity contribution in [2.24, 2.45) is 0 Å². The van der Waals surface area contributed by atoms with Gasteiger partial charge in [-0.15, -0.1) is 0 Å². The Kier molecular flexibility index (Phi) is 3.20. The van der Waals surface area contributed by atoms with E-state index < -0.39 is 35.4 Å². The van der Waals surface area contributed by atoms with Crippen LogP contribution in [-0.2, 0) is 6.18 Å². The normalized spacial score (nSPS) is 11.9. The van der Waals surface area contributed by atoms with Crippen LogP contribution in [-0.4, -0.2) is 11.3 Å². The number of rotatable bonds is 2. The van der Waals surface area contributed by atoms with Crippen LogP contribution in [0.3, 0.4) is 0 Å². The molecule has 88 valence electrons. The Balaban J connectivity index is 3.52. The van der Waals surface area contributed by atoms with E-state index in [1.807, 2.05) is 0 Å². The van der Waals surface area contributed by atoms with E-state index in [-0.39, 0.29) is 12.4 Å². The van der Waals surface area contributed by atoms with Gasteiger partial charge in [0.2, 0.25) is 0 Å². The zero-order valence-electron chi connectivity index (χ0n) is 7.36. The molecule has 0 radical (unpaired) electrons. The topological polar surface area (TPSA) is 30.0 Å². The maximum Gasteiger partial charge on any atom is 0.421 e. The fraction of sp³-hybridized carbons (Fsp3) is 0.250. The summed E-state index contributed by atoms with van der Waals surface area (Å²) in [6.45, 7) is 0. The fourth-order valence-corrected chi connectivity index (χ4v) is 1.05. The Labute approximate surface area is 84.9 Å². The Morgan fingerprint density at radius 2 is 1.88 bits per heavy atom. The lowest BCUT2D eigenvalue weighted by molar-refractivity contribution is -0.142. The van der Waals surface area contributed by atoms with Crippen molar-refractivity contribution >= 4 is 6.29 Å². The molecule has 0 spiro atoms. The highest BCUT2D eigenvalue weighted by atomic mass is 19.4. The fourth-order valence-electron chi connectivity index (χ4n) is 1.05. The SMILES string of the molecule is O=Cc1cc(F)c(C(F)(F)F)c(C(F)F)n1. The molecule has 0 fully saturated rings. The number of aldehydes is 1. The van der Waals surface area contributed by atoms with Gasteiger partial charge in [0.05, 0.1) is 0 Å². The van der Waals surface area contributed by atoms with Gasteiger partial charge in [0.15, 0.2) is 6.29 Å². The lowest BCUT2D eigenvalue weighted by Gasteiger charge is -2.12. The number of aromatic nitrogens is 1. The Morgan fingerprint density at radius 3 is 2.25 bits per heavy atom. The molecule has 0 aliphatic rings. The van der Waals surface area contributed by atoms with Gasteiger partial charge in [-0.1, -0.05) is 0 Å². The summed E-state index contributed by atoms with van der Waals surface area (Å²) in [6.07, 6.45) is -9.02. The summed E-state index contributed by atoms with van der Waals surface area (Å²) in [5.74, 6) is -1.94. The number of pyridine rings is 1. The minimum absolute atomic E-state index is 0.116. The summed E-state index contributed by atoms with van der Waals surface area (Å²) in [5.41, 5.74) is -4.75. The predicted molar refractivity (Wildman–Crippen MR) is 39.5 cm³/mol. The van der Waals surface area contributed by atoms with Crippen LogP contribution in [0.5, 0.6) is 0 Å². The third-order valence-electron chi connectivity index (χ3n) is 1.63. The second-order valence-corrected chi connectivity index (χ2v) is 2.71. The first-order valence-corrected chi connectivity index (χ1v) is 3.78. The Hall–Kier alpha value is -1.60. The number of alkyl halides is 5. The molecule has 0 N–H and O–H groups in total. The van der Waals surface area contributed by atoms with Crippen LogP contribution in [0.1, 0.15) is 28.2 Å². The third kappa shape index (κ3) is 2.31. The van der Waals surface area contributed by atoms with E-state index in [9.17, 15) is 31.1 Å². The minimum Gasteiger partial charge on any atom is -0.296 e. The van der Waals surface area contributed by atoms with Gasteiger partial charge in [0.1, 0.15) is 22.8 Å². The molecule has 0 aromatic carbocycles. The van der Waals surface area contributed by atoms with Gasteiger partial charge in [0, 0.05) is 6.07 Å². The molecule has 16 heavy (non-hydrogen) atoms. The highest BCUT2D eigenvalue weighted by molar-refractivity contribution is 5.72. The van der Waals surface area contributed by atoms with Crippen molar-refractivity contribution in [2.45, 2.75) is 12.6 Å². The van der Waals surface area contributed by atoms with E-state index in [0.29, 0.717) is 0 Å². The summed E-state index contributed by atoms with van der Waals surface area (Å²) >= 11 is 0. The highest BCUT2D eigenvalue weighted by Gasteiger charge is 2.40. The average Bonchev–Trinajstić information content (AvgIpc) is 2.14. The predicted octanol–water partition coefficient (Wildman–Crippen LogP) is 2.99. The zero-order chi connectivity index (χ0) is 12.5. The van der Waals surface area contributed by atoms with Crippen molar-refractivity contribution in [1.29, 1.82) is 0 Å². The number of hydrogen-bond acceptors (Lipinski definition) is 2. The third-order valence-corrected chi connectivity index (χ3v) is 1.63. The summed E-state index contributed by atoms with van der Waals surface area (Å²) in [7, 11) is 0. The molecule has 0 atom stereocenters. The van der Waals surface area contributed by atoms with E-state index in [2.05, 4.69) is 4.98 Å². The maximum atomic E-state index is 12.9. The van der Waals surface area contributed by atoms with Crippen molar-refractivity contribution in [1.82, 2.24) is 4.98 Å².